The molecule has 0 saturated heterocycles. The molecular formula is C15H17N. The summed E-state index contributed by atoms with van der Waals surface area (Å²) in [7, 11) is 0. The lowest BCUT2D eigenvalue weighted by Crippen LogP contribution is -1.94. The Hall–Kier alpha value is -1.76. The molecule has 0 unspecified atom stereocenters. The fourth-order valence-electron chi connectivity index (χ4n) is 2.33. The van der Waals surface area contributed by atoms with Gasteiger partial charge in [0.1, 0.15) is 0 Å². The van der Waals surface area contributed by atoms with Crippen molar-refractivity contribution in [3.8, 4) is 11.1 Å². The first-order valence-corrected chi connectivity index (χ1v) is 5.52. The molecule has 0 heterocycles. The van der Waals surface area contributed by atoms with Crippen LogP contribution in [0.1, 0.15) is 16.7 Å². The van der Waals surface area contributed by atoms with Crippen molar-refractivity contribution in [2.75, 3.05) is 5.73 Å². The van der Waals surface area contributed by atoms with E-state index in [1.165, 1.54) is 22.3 Å². The molecule has 0 aromatic heterocycles. The molecule has 2 aromatic carbocycles. The van der Waals surface area contributed by atoms with Gasteiger partial charge in [0, 0.05) is 11.3 Å². The maximum atomic E-state index is 6.03. The summed E-state index contributed by atoms with van der Waals surface area (Å²) < 4.78 is 0. The third-order valence-electron chi connectivity index (χ3n) is 2.91. The van der Waals surface area contributed by atoms with Crippen LogP contribution in [0.5, 0.6) is 0 Å². The summed E-state index contributed by atoms with van der Waals surface area (Å²) in [5.41, 5.74) is 13.2. The fraction of sp³-hybridized carbons (Fsp3) is 0.200. The van der Waals surface area contributed by atoms with Gasteiger partial charge in [0.05, 0.1) is 0 Å². The number of anilines is 1. The number of nitrogens with two attached hydrogens (primary N) is 1. The van der Waals surface area contributed by atoms with Crippen molar-refractivity contribution >= 4 is 5.69 Å². The Kier molecular flexibility index (Phi) is 2.69. The highest BCUT2D eigenvalue weighted by atomic mass is 14.6. The number of para-hydroxylation sites is 1. The zero-order valence-electron chi connectivity index (χ0n) is 10.0. The largest absolute Gasteiger partial charge is 0.398 e. The molecule has 0 spiro atoms. The average Bonchev–Trinajstić information content (AvgIpc) is 2.19. The lowest BCUT2D eigenvalue weighted by Gasteiger charge is -2.13. The van der Waals surface area contributed by atoms with Gasteiger partial charge in [-0.1, -0.05) is 35.9 Å². The first kappa shape index (κ1) is 10.7. The van der Waals surface area contributed by atoms with Crippen LogP contribution in [0, 0.1) is 20.8 Å². The first-order chi connectivity index (χ1) is 7.59. The summed E-state index contributed by atoms with van der Waals surface area (Å²) >= 11 is 0. The zero-order valence-corrected chi connectivity index (χ0v) is 10.0. The molecule has 0 saturated carbocycles. The van der Waals surface area contributed by atoms with Crippen LogP contribution in [0.25, 0.3) is 11.1 Å². The topological polar surface area (TPSA) is 26.0 Å². The van der Waals surface area contributed by atoms with Crippen molar-refractivity contribution in [3.63, 3.8) is 0 Å². The van der Waals surface area contributed by atoms with Crippen molar-refractivity contribution in [2.24, 2.45) is 0 Å². The molecule has 82 valence electrons. The summed E-state index contributed by atoms with van der Waals surface area (Å²) in [5.74, 6) is 0. The highest BCUT2D eigenvalue weighted by Crippen LogP contribution is 2.32. The SMILES string of the molecule is Cc1cc(C)c(-c2ccccc2N)c(C)c1. The standard InChI is InChI=1S/C15H17N/c1-10-8-11(2)15(12(3)9-10)13-6-4-5-7-14(13)16/h4-9H,16H2,1-3H3. The van der Waals surface area contributed by atoms with E-state index in [0.717, 1.165) is 11.3 Å². The van der Waals surface area contributed by atoms with Crippen molar-refractivity contribution < 1.29 is 0 Å². The molecule has 1 heteroatoms. The second kappa shape index (κ2) is 4.01. The smallest absolute Gasteiger partial charge is 0.0393 e. The van der Waals surface area contributed by atoms with E-state index in [-0.39, 0.29) is 0 Å². The van der Waals surface area contributed by atoms with Crippen LogP contribution in [-0.2, 0) is 0 Å². The molecule has 2 rings (SSSR count). The molecule has 0 atom stereocenters. The van der Waals surface area contributed by atoms with Crippen LogP contribution < -0.4 is 5.73 Å². The van der Waals surface area contributed by atoms with Gasteiger partial charge in [-0.05, 0) is 43.5 Å². The van der Waals surface area contributed by atoms with Crippen molar-refractivity contribution in [2.45, 2.75) is 20.8 Å². The minimum atomic E-state index is 0.845. The number of hydrogen-bond donors (Lipinski definition) is 1. The Labute approximate surface area is 96.9 Å². The zero-order chi connectivity index (χ0) is 11.7. The number of nitrogen functional groups attached to an aromatic ring is 1. The Balaban J connectivity index is 2.70. The summed E-state index contributed by atoms with van der Waals surface area (Å²) in [5, 5.41) is 0. The van der Waals surface area contributed by atoms with Gasteiger partial charge in [-0.25, -0.2) is 0 Å². The molecule has 0 aliphatic rings. The molecule has 0 aliphatic heterocycles. The molecule has 1 nitrogen and oxygen atoms in total. The third kappa shape index (κ3) is 1.81. The van der Waals surface area contributed by atoms with E-state index in [1.807, 2.05) is 18.2 Å². The van der Waals surface area contributed by atoms with Crippen LogP contribution in [0.4, 0.5) is 5.69 Å². The van der Waals surface area contributed by atoms with E-state index in [1.54, 1.807) is 0 Å². The molecular weight excluding hydrogens is 194 g/mol. The third-order valence-corrected chi connectivity index (χ3v) is 2.91. The summed E-state index contributed by atoms with van der Waals surface area (Å²) in [6.07, 6.45) is 0. The van der Waals surface area contributed by atoms with Crippen LogP contribution in [0.15, 0.2) is 36.4 Å². The first-order valence-electron chi connectivity index (χ1n) is 5.52. The van der Waals surface area contributed by atoms with E-state index < -0.39 is 0 Å². The lowest BCUT2D eigenvalue weighted by molar-refractivity contribution is 1.32. The Bertz CT molecular complexity index is 504. The maximum Gasteiger partial charge on any atom is 0.0393 e. The van der Waals surface area contributed by atoms with Crippen molar-refractivity contribution in [3.05, 3.63) is 53.1 Å². The van der Waals surface area contributed by atoms with Gasteiger partial charge in [-0.15, -0.1) is 0 Å². The van der Waals surface area contributed by atoms with Gasteiger partial charge in [0.25, 0.3) is 0 Å². The number of hydrogen-bond acceptors (Lipinski definition) is 1. The molecule has 0 fully saturated rings. The van der Waals surface area contributed by atoms with Crippen LogP contribution >= 0.6 is 0 Å². The van der Waals surface area contributed by atoms with Gasteiger partial charge in [-0.3, -0.25) is 0 Å². The van der Waals surface area contributed by atoms with Gasteiger partial charge in [0.2, 0.25) is 0 Å². The highest BCUT2D eigenvalue weighted by molar-refractivity contribution is 5.80. The maximum absolute atomic E-state index is 6.03. The van der Waals surface area contributed by atoms with Gasteiger partial charge in [-0.2, -0.15) is 0 Å². The average molecular weight is 211 g/mol. The van der Waals surface area contributed by atoms with Crippen LogP contribution in [-0.4, -0.2) is 0 Å². The second-order valence-electron chi connectivity index (χ2n) is 4.36. The Morgan fingerprint density at radius 2 is 1.44 bits per heavy atom. The summed E-state index contributed by atoms with van der Waals surface area (Å²) in [6, 6.07) is 12.4. The number of rotatable bonds is 1. The minimum Gasteiger partial charge on any atom is -0.398 e. The van der Waals surface area contributed by atoms with Gasteiger partial charge in [0.15, 0.2) is 0 Å². The number of benzene rings is 2. The monoisotopic (exact) mass is 211 g/mol. The summed E-state index contributed by atoms with van der Waals surface area (Å²) in [6.45, 7) is 6.40. The van der Waals surface area contributed by atoms with E-state index in [0.29, 0.717) is 0 Å². The molecule has 2 aromatic rings. The van der Waals surface area contributed by atoms with Gasteiger partial charge < -0.3 is 5.73 Å². The predicted octanol–water partition coefficient (Wildman–Crippen LogP) is 3.86. The van der Waals surface area contributed by atoms with Crippen LogP contribution in [0.3, 0.4) is 0 Å². The fourth-order valence-corrected chi connectivity index (χ4v) is 2.33. The summed E-state index contributed by atoms with van der Waals surface area (Å²) in [4.78, 5) is 0. The molecule has 2 N–H and O–H groups in total. The normalized spacial score (nSPS) is 10.4. The minimum absolute atomic E-state index is 0.845. The van der Waals surface area contributed by atoms with E-state index in [9.17, 15) is 0 Å². The van der Waals surface area contributed by atoms with E-state index >= 15 is 0 Å². The lowest BCUT2D eigenvalue weighted by atomic mass is 9.93. The Morgan fingerprint density at radius 3 is 2.00 bits per heavy atom. The van der Waals surface area contributed by atoms with Crippen molar-refractivity contribution in [1.29, 1.82) is 0 Å². The quantitative estimate of drug-likeness (QED) is 0.712. The molecule has 0 amide bonds. The molecule has 0 aliphatic carbocycles. The van der Waals surface area contributed by atoms with Gasteiger partial charge >= 0.3 is 0 Å². The van der Waals surface area contributed by atoms with E-state index in [4.69, 9.17) is 5.73 Å². The molecule has 0 radical (unpaired) electrons. The van der Waals surface area contributed by atoms with E-state index in [2.05, 4.69) is 39.0 Å². The van der Waals surface area contributed by atoms with Crippen molar-refractivity contribution in [1.82, 2.24) is 0 Å². The highest BCUT2D eigenvalue weighted by Gasteiger charge is 2.08. The molecule has 0 bridgehead atoms. The number of aryl methyl sites for hydroxylation is 3. The second-order valence-corrected chi connectivity index (χ2v) is 4.36. The molecule has 16 heavy (non-hydrogen) atoms. The van der Waals surface area contributed by atoms with Crippen LogP contribution in [0.2, 0.25) is 0 Å². The predicted molar refractivity (Wildman–Crippen MR) is 70.5 cm³/mol. The Morgan fingerprint density at radius 1 is 0.875 bits per heavy atom.